The van der Waals surface area contributed by atoms with Crippen molar-refractivity contribution in [3.8, 4) is 0 Å². The van der Waals surface area contributed by atoms with E-state index in [0.29, 0.717) is 31.2 Å². The monoisotopic (exact) mass is 523 g/mol. The molecule has 2 unspecified atom stereocenters. The van der Waals surface area contributed by atoms with Crippen molar-refractivity contribution < 1.29 is 29.0 Å². The van der Waals surface area contributed by atoms with E-state index in [0.717, 1.165) is 5.52 Å². The Labute approximate surface area is 220 Å². The van der Waals surface area contributed by atoms with E-state index < -0.39 is 35.6 Å². The van der Waals surface area contributed by atoms with Crippen molar-refractivity contribution >= 4 is 28.8 Å². The highest BCUT2D eigenvalue weighted by Crippen LogP contribution is 2.58. The summed E-state index contributed by atoms with van der Waals surface area (Å²) in [5.41, 5.74) is 0.355. The molecule has 5 rings (SSSR count). The molecule has 0 aliphatic carbocycles. The molecule has 5 atom stereocenters. The molecule has 2 amide bonds. The van der Waals surface area contributed by atoms with Crippen molar-refractivity contribution in [3.05, 3.63) is 49.6 Å². The van der Waals surface area contributed by atoms with Gasteiger partial charge in [0.15, 0.2) is 0 Å². The van der Waals surface area contributed by atoms with Gasteiger partial charge in [0, 0.05) is 19.7 Å². The molecule has 3 aliphatic rings. The van der Waals surface area contributed by atoms with Gasteiger partial charge in [0.05, 0.1) is 23.5 Å². The molecule has 202 valence electrons. The first kappa shape index (κ1) is 26.1. The van der Waals surface area contributed by atoms with E-state index in [1.165, 1.54) is 6.08 Å². The molecule has 3 fully saturated rings. The van der Waals surface area contributed by atoms with Crippen molar-refractivity contribution in [2.24, 2.45) is 11.8 Å². The summed E-state index contributed by atoms with van der Waals surface area (Å²) in [6.45, 7) is 8.02. The fraction of sp³-hybridized carbons (Fsp3) is 0.519. The third kappa shape index (κ3) is 4.19. The Morgan fingerprint density at radius 3 is 2.84 bits per heavy atom. The molecule has 2 bridgehead atoms. The molecule has 3 saturated heterocycles. The standard InChI is InChI=1S/C27H33N5O6/c1-3-13-30(17-32-19-10-6-5-9-18(19)28-29-32)25(35)23-27-12-11-20(38-27)21(26(36)37-16-4-2)22(27)24(34)31(23)14-7-8-15-33/h3-6,9-10,20-23,33H,1-2,7-8,11-17H2/t20-,21+,22+,23?,27?/m1/s1. The van der Waals surface area contributed by atoms with Crippen LogP contribution in [0.3, 0.4) is 0 Å². The van der Waals surface area contributed by atoms with Gasteiger partial charge in [-0.15, -0.1) is 11.7 Å². The Hall–Kier alpha value is -3.57. The van der Waals surface area contributed by atoms with Crippen molar-refractivity contribution in [1.29, 1.82) is 0 Å². The summed E-state index contributed by atoms with van der Waals surface area (Å²) in [5.74, 6) is -2.67. The molecule has 1 aromatic carbocycles. The van der Waals surface area contributed by atoms with E-state index in [2.05, 4.69) is 23.5 Å². The van der Waals surface area contributed by atoms with Crippen LogP contribution in [0.1, 0.15) is 25.7 Å². The van der Waals surface area contributed by atoms with Crippen LogP contribution in [0.15, 0.2) is 49.6 Å². The highest BCUT2D eigenvalue weighted by atomic mass is 16.6. The molecule has 0 radical (unpaired) electrons. The van der Waals surface area contributed by atoms with Gasteiger partial charge in [-0.05, 0) is 37.8 Å². The van der Waals surface area contributed by atoms with Crippen molar-refractivity contribution in [1.82, 2.24) is 24.8 Å². The Kier molecular flexibility index (Phi) is 7.31. The van der Waals surface area contributed by atoms with E-state index in [1.54, 1.807) is 20.6 Å². The number of aromatic nitrogens is 3. The maximum atomic E-state index is 14.3. The first-order valence-corrected chi connectivity index (χ1v) is 13.0. The first-order valence-electron chi connectivity index (χ1n) is 13.0. The van der Waals surface area contributed by atoms with Crippen LogP contribution < -0.4 is 0 Å². The largest absolute Gasteiger partial charge is 0.461 e. The van der Waals surface area contributed by atoms with E-state index in [-0.39, 0.29) is 44.8 Å². The summed E-state index contributed by atoms with van der Waals surface area (Å²) in [5, 5.41) is 17.7. The van der Waals surface area contributed by atoms with Gasteiger partial charge in [0.1, 0.15) is 30.4 Å². The van der Waals surface area contributed by atoms with Crippen LogP contribution in [0.4, 0.5) is 0 Å². The lowest BCUT2D eigenvalue weighted by Crippen LogP contribution is -2.56. The summed E-state index contributed by atoms with van der Waals surface area (Å²) in [4.78, 5) is 44.4. The molecule has 1 aromatic heterocycles. The second-order valence-electron chi connectivity index (χ2n) is 10.0. The molecule has 4 heterocycles. The second kappa shape index (κ2) is 10.7. The third-order valence-electron chi connectivity index (χ3n) is 7.84. The number of rotatable bonds is 12. The fourth-order valence-corrected chi connectivity index (χ4v) is 6.30. The quantitative estimate of drug-likeness (QED) is 0.250. The lowest BCUT2D eigenvalue weighted by Gasteiger charge is -2.36. The maximum Gasteiger partial charge on any atom is 0.312 e. The third-order valence-corrected chi connectivity index (χ3v) is 7.84. The van der Waals surface area contributed by atoms with Gasteiger partial charge in [-0.25, -0.2) is 4.68 Å². The molecule has 0 saturated carbocycles. The normalized spacial score (nSPS) is 27.5. The first-order chi connectivity index (χ1) is 18.5. The number of esters is 1. The molecule has 11 heteroatoms. The minimum Gasteiger partial charge on any atom is -0.461 e. The van der Waals surface area contributed by atoms with Crippen LogP contribution in [0.5, 0.6) is 0 Å². The van der Waals surface area contributed by atoms with Crippen LogP contribution in [0.2, 0.25) is 0 Å². The number of nitrogens with zero attached hydrogens (tertiary/aromatic N) is 5. The number of amides is 2. The predicted molar refractivity (Wildman–Crippen MR) is 136 cm³/mol. The molecular formula is C27H33N5O6. The Morgan fingerprint density at radius 2 is 2.08 bits per heavy atom. The molecule has 38 heavy (non-hydrogen) atoms. The van der Waals surface area contributed by atoms with Crippen LogP contribution in [0.25, 0.3) is 11.0 Å². The number of unbranched alkanes of at least 4 members (excludes halogenated alkanes) is 1. The van der Waals surface area contributed by atoms with Gasteiger partial charge in [-0.3, -0.25) is 14.4 Å². The SMILES string of the molecule is C=CCOC(=O)[C@@H]1[C@H]2C(=O)N(CCCCO)C(C(=O)N(CC=C)Cn3nnc4ccccc43)C23CC[C@H]1O3. The van der Waals surface area contributed by atoms with E-state index >= 15 is 0 Å². The highest BCUT2D eigenvalue weighted by Gasteiger charge is 2.75. The predicted octanol–water partition coefficient (Wildman–Crippen LogP) is 1.28. The number of ether oxygens (including phenoxy) is 2. The van der Waals surface area contributed by atoms with Crippen molar-refractivity contribution in [3.63, 3.8) is 0 Å². The summed E-state index contributed by atoms with van der Waals surface area (Å²) in [6, 6.07) is 6.54. The van der Waals surface area contributed by atoms with E-state index in [1.807, 2.05) is 24.3 Å². The minimum absolute atomic E-state index is 0.0216. The van der Waals surface area contributed by atoms with Crippen LogP contribution >= 0.6 is 0 Å². The average Bonchev–Trinajstić information content (AvgIpc) is 3.67. The summed E-state index contributed by atoms with van der Waals surface area (Å²) >= 11 is 0. The molecule has 3 aliphatic heterocycles. The Bertz CT molecular complexity index is 1250. The van der Waals surface area contributed by atoms with Crippen molar-refractivity contribution in [2.75, 3.05) is 26.3 Å². The number of hydrogen-bond donors (Lipinski definition) is 1. The summed E-state index contributed by atoms with van der Waals surface area (Å²) in [7, 11) is 0. The number of carbonyl (C=O) groups excluding carboxylic acids is 3. The van der Waals surface area contributed by atoms with Gasteiger partial charge in [-0.1, -0.05) is 36.1 Å². The maximum absolute atomic E-state index is 14.3. The van der Waals surface area contributed by atoms with Gasteiger partial charge in [-0.2, -0.15) is 0 Å². The number of para-hydroxylation sites is 1. The zero-order valence-corrected chi connectivity index (χ0v) is 21.3. The van der Waals surface area contributed by atoms with E-state index in [9.17, 15) is 19.5 Å². The number of likely N-dealkylation sites (tertiary alicyclic amines) is 1. The lowest BCUT2D eigenvalue weighted by atomic mass is 9.70. The lowest BCUT2D eigenvalue weighted by molar-refractivity contribution is -0.154. The smallest absolute Gasteiger partial charge is 0.312 e. The molecule has 1 N–H and O–H groups in total. The zero-order chi connectivity index (χ0) is 26.9. The zero-order valence-electron chi connectivity index (χ0n) is 21.3. The number of fused-ring (bicyclic) bond motifs is 2. The summed E-state index contributed by atoms with van der Waals surface area (Å²) in [6.07, 6.45) is 4.66. The number of benzene rings is 1. The fourth-order valence-electron chi connectivity index (χ4n) is 6.30. The highest BCUT2D eigenvalue weighted by molar-refractivity contribution is 5.98. The number of aliphatic hydroxyl groups is 1. The minimum atomic E-state index is -1.13. The van der Waals surface area contributed by atoms with Gasteiger partial charge >= 0.3 is 5.97 Å². The van der Waals surface area contributed by atoms with Crippen LogP contribution in [-0.4, -0.2) is 91.7 Å². The number of carbonyl (C=O) groups is 3. The topological polar surface area (TPSA) is 127 Å². The van der Waals surface area contributed by atoms with Gasteiger partial charge in [0.25, 0.3) is 0 Å². The molecular weight excluding hydrogens is 490 g/mol. The number of aliphatic hydroxyl groups excluding tert-OH is 1. The molecule has 11 nitrogen and oxygen atoms in total. The van der Waals surface area contributed by atoms with Crippen molar-refractivity contribution in [2.45, 2.75) is 50.1 Å². The molecule has 1 spiro atoms. The molecule has 2 aromatic rings. The van der Waals surface area contributed by atoms with Gasteiger partial charge < -0.3 is 24.4 Å². The van der Waals surface area contributed by atoms with Crippen LogP contribution in [0, 0.1) is 11.8 Å². The Balaban J connectivity index is 1.49. The van der Waals surface area contributed by atoms with Gasteiger partial charge in [0.2, 0.25) is 11.8 Å². The van der Waals surface area contributed by atoms with Crippen LogP contribution in [-0.2, 0) is 30.5 Å². The summed E-state index contributed by atoms with van der Waals surface area (Å²) < 4.78 is 13.4. The second-order valence-corrected chi connectivity index (χ2v) is 10.0. The number of hydrogen-bond acceptors (Lipinski definition) is 8. The Morgan fingerprint density at radius 1 is 1.26 bits per heavy atom. The average molecular weight is 524 g/mol. The van der Waals surface area contributed by atoms with E-state index in [4.69, 9.17) is 9.47 Å².